The maximum absolute atomic E-state index is 12.0. The molecule has 0 aliphatic heterocycles. The fourth-order valence-electron chi connectivity index (χ4n) is 1.82. The second-order valence-corrected chi connectivity index (χ2v) is 6.15. The highest BCUT2D eigenvalue weighted by Gasteiger charge is 2.11. The number of phenols is 1. The van der Waals surface area contributed by atoms with Crippen LogP contribution >= 0.6 is 28.1 Å². The number of phenolic OH excluding ortho intramolecular Hbond substituents is 1. The smallest absolute Gasteiger partial charge is 0.273 e. The molecule has 0 aliphatic carbocycles. The number of thiocarbonyl (C=S) groups is 1. The van der Waals surface area contributed by atoms with Gasteiger partial charge in [-0.05, 0) is 61.6 Å². The van der Waals surface area contributed by atoms with Crippen LogP contribution in [0.5, 0.6) is 5.75 Å². The van der Waals surface area contributed by atoms with Crippen molar-refractivity contribution in [3.05, 3.63) is 58.1 Å². The third-order valence-electron chi connectivity index (χ3n) is 3.04. The van der Waals surface area contributed by atoms with Crippen molar-refractivity contribution in [2.45, 2.75) is 6.92 Å². The lowest BCUT2D eigenvalue weighted by Crippen LogP contribution is -2.43. The Labute approximate surface area is 152 Å². The van der Waals surface area contributed by atoms with Crippen molar-refractivity contribution >= 4 is 50.6 Å². The van der Waals surface area contributed by atoms with Crippen LogP contribution in [0.2, 0.25) is 0 Å². The molecule has 2 rings (SSSR count). The molecule has 2 aromatic rings. The van der Waals surface area contributed by atoms with Gasteiger partial charge in [0.05, 0.1) is 5.56 Å². The van der Waals surface area contributed by atoms with E-state index in [2.05, 4.69) is 32.1 Å². The van der Waals surface area contributed by atoms with Gasteiger partial charge in [0.15, 0.2) is 10.9 Å². The van der Waals surface area contributed by atoms with E-state index in [1.807, 2.05) is 0 Å². The summed E-state index contributed by atoms with van der Waals surface area (Å²) in [7, 11) is 0. The molecule has 0 bridgehead atoms. The number of hydrogen-bond acceptors (Lipinski definition) is 4. The number of carbonyl (C=O) groups excluding carboxylic acids is 2. The van der Waals surface area contributed by atoms with Gasteiger partial charge in [-0.1, -0.05) is 15.9 Å². The Bertz CT molecular complexity index is 794. The van der Waals surface area contributed by atoms with Crippen LogP contribution < -0.4 is 16.2 Å². The standard InChI is InChI=1S/C16H14BrN3O3S/c1-9(21)10-2-5-12(6-3-10)18-16(24)20-19-15(23)13-8-11(17)4-7-14(13)22/h2-8,22H,1H3,(H,19,23)(H2,18,20,24). The largest absolute Gasteiger partial charge is 0.507 e. The van der Waals surface area contributed by atoms with Gasteiger partial charge in [0, 0.05) is 15.7 Å². The van der Waals surface area contributed by atoms with Crippen molar-refractivity contribution in [1.82, 2.24) is 10.9 Å². The number of halogens is 1. The number of carbonyl (C=O) groups is 2. The number of Topliss-reactive ketones (excluding diaryl/α,β-unsaturated/α-hetero) is 1. The fraction of sp³-hybridized carbons (Fsp3) is 0.0625. The number of nitrogens with one attached hydrogen (secondary N) is 3. The summed E-state index contributed by atoms with van der Waals surface area (Å²) in [6.07, 6.45) is 0. The van der Waals surface area contributed by atoms with E-state index in [0.717, 1.165) is 0 Å². The van der Waals surface area contributed by atoms with Gasteiger partial charge in [-0.2, -0.15) is 0 Å². The topological polar surface area (TPSA) is 90.5 Å². The van der Waals surface area contributed by atoms with Gasteiger partial charge in [0.25, 0.3) is 5.91 Å². The summed E-state index contributed by atoms with van der Waals surface area (Å²) in [5.74, 6) is -0.704. The first-order valence-corrected chi connectivity index (χ1v) is 8.04. The molecule has 0 atom stereocenters. The summed E-state index contributed by atoms with van der Waals surface area (Å²) in [4.78, 5) is 23.2. The first-order valence-electron chi connectivity index (χ1n) is 6.83. The van der Waals surface area contributed by atoms with E-state index in [4.69, 9.17) is 12.2 Å². The fourth-order valence-corrected chi connectivity index (χ4v) is 2.35. The van der Waals surface area contributed by atoms with Gasteiger partial charge >= 0.3 is 0 Å². The zero-order valence-corrected chi connectivity index (χ0v) is 15.0. The molecular formula is C16H14BrN3O3S. The lowest BCUT2D eigenvalue weighted by Gasteiger charge is -2.12. The monoisotopic (exact) mass is 407 g/mol. The number of hydrogen-bond donors (Lipinski definition) is 4. The first kappa shape index (κ1) is 17.9. The average Bonchev–Trinajstić information content (AvgIpc) is 2.55. The molecule has 4 N–H and O–H groups in total. The highest BCUT2D eigenvalue weighted by Crippen LogP contribution is 2.21. The number of anilines is 1. The summed E-state index contributed by atoms with van der Waals surface area (Å²) in [5.41, 5.74) is 6.29. The Kier molecular flexibility index (Phi) is 5.88. The van der Waals surface area contributed by atoms with Gasteiger partial charge < -0.3 is 10.4 Å². The van der Waals surface area contributed by atoms with Crippen molar-refractivity contribution in [2.24, 2.45) is 0 Å². The Morgan fingerprint density at radius 1 is 1.08 bits per heavy atom. The zero-order chi connectivity index (χ0) is 17.7. The van der Waals surface area contributed by atoms with Crippen molar-refractivity contribution in [2.75, 3.05) is 5.32 Å². The second kappa shape index (κ2) is 7.89. The van der Waals surface area contributed by atoms with E-state index < -0.39 is 5.91 Å². The van der Waals surface area contributed by atoms with Crippen molar-refractivity contribution in [3.63, 3.8) is 0 Å². The maximum atomic E-state index is 12.0. The molecule has 124 valence electrons. The molecule has 0 aliphatic rings. The molecule has 0 spiro atoms. The number of rotatable bonds is 3. The third-order valence-corrected chi connectivity index (χ3v) is 3.74. The number of aromatic hydroxyl groups is 1. The van der Waals surface area contributed by atoms with E-state index in [1.54, 1.807) is 30.3 Å². The summed E-state index contributed by atoms with van der Waals surface area (Å²) < 4.78 is 0.664. The van der Waals surface area contributed by atoms with E-state index in [-0.39, 0.29) is 22.2 Å². The lowest BCUT2D eigenvalue weighted by atomic mass is 10.1. The number of ketones is 1. The molecule has 0 saturated carbocycles. The van der Waals surface area contributed by atoms with Crippen LogP contribution in [0.15, 0.2) is 46.9 Å². The summed E-state index contributed by atoms with van der Waals surface area (Å²) in [6.45, 7) is 1.49. The predicted octanol–water partition coefficient (Wildman–Crippen LogP) is 2.99. The summed E-state index contributed by atoms with van der Waals surface area (Å²) in [6, 6.07) is 11.3. The molecular weight excluding hydrogens is 394 g/mol. The number of benzene rings is 2. The Morgan fingerprint density at radius 3 is 2.38 bits per heavy atom. The quantitative estimate of drug-likeness (QED) is 0.355. The minimum atomic E-state index is -0.537. The maximum Gasteiger partial charge on any atom is 0.273 e. The van der Waals surface area contributed by atoms with Crippen LogP contribution in [0.3, 0.4) is 0 Å². The van der Waals surface area contributed by atoms with Crippen molar-refractivity contribution in [1.29, 1.82) is 0 Å². The van der Waals surface area contributed by atoms with Crippen LogP contribution in [-0.2, 0) is 0 Å². The molecule has 0 radical (unpaired) electrons. The summed E-state index contributed by atoms with van der Waals surface area (Å²) in [5, 5.41) is 12.7. The number of hydrazine groups is 1. The van der Waals surface area contributed by atoms with Crippen LogP contribution in [0, 0.1) is 0 Å². The van der Waals surface area contributed by atoms with E-state index in [9.17, 15) is 14.7 Å². The SMILES string of the molecule is CC(=O)c1ccc(NC(=S)NNC(=O)c2cc(Br)ccc2O)cc1. The van der Waals surface area contributed by atoms with E-state index >= 15 is 0 Å². The highest BCUT2D eigenvalue weighted by atomic mass is 79.9. The molecule has 0 unspecified atom stereocenters. The molecule has 0 aromatic heterocycles. The van der Waals surface area contributed by atoms with Crippen LogP contribution in [0.25, 0.3) is 0 Å². The van der Waals surface area contributed by atoms with Crippen LogP contribution in [0.1, 0.15) is 27.6 Å². The molecule has 8 heteroatoms. The molecule has 24 heavy (non-hydrogen) atoms. The minimum Gasteiger partial charge on any atom is -0.507 e. The van der Waals surface area contributed by atoms with Crippen molar-refractivity contribution < 1.29 is 14.7 Å². The summed E-state index contributed by atoms with van der Waals surface area (Å²) >= 11 is 8.30. The normalized spacial score (nSPS) is 9.92. The molecule has 0 saturated heterocycles. The second-order valence-electron chi connectivity index (χ2n) is 4.83. The number of amides is 1. The molecule has 0 heterocycles. The van der Waals surface area contributed by atoms with Crippen LogP contribution in [-0.4, -0.2) is 21.9 Å². The Balaban J connectivity index is 1.92. The minimum absolute atomic E-state index is 0.0247. The van der Waals surface area contributed by atoms with Gasteiger partial charge in [-0.25, -0.2) is 0 Å². The molecule has 1 amide bonds. The van der Waals surface area contributed by atoms with Crippen LogP contribution in [0.4, 0.5) is 5.69 Å². The lowest BCUT2D eigenvalue weighted by molar-refractivity contribution is 0.0940. The van der Waals surface area contributed by atoms with Gasteiger partial charge in [0.2, 0.25) is 0 Å². The third kappa shape index (κ3) is 4.77. The van der Waals surface area contributed by atoms with Gasteiger partial charge in [0.1, 0.15) is 5.75 Å². The Hall–Kier alpha value is -2.45. The zero-order valence-electron chi connectivity index (χ0n) is 12.6. The van der Waals surface area contributed by atoms with E-state index in [0.29, 0.717) is 15.7 Å². The molecule has 2 aromatic carbocycles. The first-order chi connectivity index (χ1) is 11.4. The van der Waals surface area contributed by atoms with E-state index in [1.165, 1.54) is 19.1 Å². The molecule has 6 nitrogen and oxygen atoms in total. The molecule has 0 fully saturated rings. The van der Waals surface area contributed by atoms with Crippen molar-refractivity contribution in [3.8, 4) is 5.75 Å². The average molecular weight is 408 g/mol. The van der Waals surface area contributed by atoms with Gasteiger partial charge in [-0.15, -0.1) is 0 Å². The highest BCUT2D eigenvalue weighted by molar-refractivity contribution is 9.10. The van der Waals surface area contributed by atoms with Gasteiger partial charge in [-0.3, -0.25) is 20.4 Å². The Morgan fingerprint density at radius 2 is 1.75 bits per heavy atom. The predicted molar refractivity (Wildman–Crippen MR) is 99.1 cm³/mol.